The maximum atomic E-state index is 11.8. The Labute approximate surface area is 93.4 Å². The first-order valence-corrected chi connectivity index (χ1v) is 4.98. The molecule has 0 aliphatic rings. The molecule has 80 valence electrons. The summed E-state index contributed by atoms with van der Waals surface area (Å²) in [5.74, 6) is 0.134. The van der Waals surface area contributed by atoms with E-state index in [4.69, 9.17) is 0 Å². The van der Waals surface area contributed by atoms with Crippen molar-refractivity contribution in [3.8, 4) is 0 Å². The van der Waals surface area contributed by atoms with Crippen LogP contribution in [0.5, 0.6) is 0 Å². The zero-order chi connectivity index (χ0) is 11.4. The van der Waals surface area contributed by atoms with Gasteiger partial charge in [0.15, 0.2) is 5.82 Å². The van der Waals surface area contributed by atoms with Gasteiger partial charge in [-0.2, -0.15) is 0 Å². The summed E-state index contributed by atoms with van der Waals surface area (Å²) >= 11 is 0. The highest BCUT2D eigenvalue weighted by Gasteiger charge is 2.11. The van der Waals surface area contributed by atoms with E-state index in [1.165, 1.54) is 0 Å². The molecule has 2 heterocycles. The first-order chi connectivity index (χ1) is 7.77. The predicted molar refractivity (Wildman–Crippen MR) is 59.0 cm³/mol. The summed E-state index contributed by atoms with van der Waals surface area (Å²) in [6.07, 6.45) is 5.05. The maximum absolute atomic E-state index is 11.8. The van der Waals surface area contributed by atoms with E-state index in [0.29, 0.717) is 0 Å². The number of nitrogens with zero attached hydrogens (tertiary/aromatic N) is 3. The summed E-state index contributed by atoms with van der Waals surface area (Å²) < 4.78 is 0. The summed E-state index contributed by atoms with van der Waals surface area (Å²) in [5, 5.41) is 0. The number of carbonyl (C=O) groups excluding carboxylic acids is 1. The lowest BCUT2D eigenvalue weighted by molar-refractivity contribution is 0.0981. The molecule has 0 N–H and O–H groups in total. The van der Waals surface area contributed by atoms with E-state index in [-0.39, 0.29) is 18.0 Å². The molecule has 4 heteroatoms. The van der Waals surface area contributed by atoms with E-state index >= 15 is 0 Å². The molecule has 0 atom stereocenters. The molecule has 0 saturated heterocycles. The van der Waals surface area contributed by atoms with Crippen molar-refractivity contribution in [2.24, 2.45) is 0 Å². The lowest BCUT2D eigenvalue weighted by atomic mass is 10.1. The quantitative estimate of drug-likeness (QED) is 0.727. The van der Waals surface area contributed by atoms with Gasteiger partial charge in [0.25, 0.3) is 0 Å². The van der Waals surface area contributed by atoms with E-state index < -0.39 is 0 Å². The van der Waals surface area contributed by atoms with Crippen LogP contribution in [0, 0.1) is 6.92 Å². The van der Waals surface area contributed by atoms with Gasteiger partial charge in [-0.1, -0.05) is 6.07 Å². The summed E-state index contributed by atoms with van der Waals surface area (Å²) in [6, 6.07) is 5.46. The van der Waals surface area contributed by atoms with Crippen molar-refractivity contribution < 1.29 is 4.79 Å². The molecule has 0 aromatic carbocycles. The molecule has 4 nitrogen and oxygen atoms in total. The molecule has 0 aliphatic carbocycles. The van der Waals surface area contributed by atoms with E-state index in [1.807, 2.05) is 19.1 Å². The van der Waals surface area contributed by atoms with Crippen molar-refractivity contribution in [3.63, 3.8) is 0 Å². The number of hydrogen-bond donors (Lipinski definition) is 0. The molecule has 16 heavy (non-hydrogen) atoms. The van der Waals surface area contributed by atoms with Crippen molar-refractivity contribution in [2.45, 2.75) is 13.3 Å². The number of carbonyl (C=O) groups is 1. The van der Waals surface area contributed by atoms with Gasteiger partial charge in [0.1, 0.15) is 0 Å². The lowest BCUT2D eigenvalue weighted by Gasteiger charge is -2.02. The van der Waals surface area contributed by atoms with Crippen molar-refractivity contribution in [1.82, 2.24) is 15.0 Å². The number of rotatable bonds is 3. The molecule has 0 aliphatic heterocycles. The molecule has 0 unspecified atom stereocenters. The average Bonchev–Trinajstić information content (AvgIpc) is 2.33. The van der Waals surface area contributed by atoms with Gasteiger partial charge in [-0.3, -0.25) is 9.78 Å². The molecule has 2 aromatic rings. The third-order valence-electron chi connectivity index (χ3n) is 2.26. The molecule has 0 saturated carbocycles. The fourth-order valence-corrected chi connectivity index (χ4v) is 1.38. The van der Waals surface area contributed by atoms with E-state index in [9.17, 15) is 4.79 Å². The fourth-order valence-electron chi connectivity index (χ4n) is 1.38. The number of ketones is 1. The second kappa shape index (κ2) is 4.61. The van der Waals surface area contributed by atoms with Crippen LogP contribution in [0.4, 0.5) is 0 Å². The van der Waals surface area contributed by atoms with Gasteiger partial charge in [-0.15, -0.1) is 0 Å². The van der Waals surface area contributed by atoms with Crippen molar-refractivity contribution in [1.29, 1.82) is 0 Å². The van der Waals surface area contributed by atoms with Gasteiger partial charge in [-0.05, 0) is 24.6 Å². The van der Waals surface area contributed by atoms with Crippen LogP contribution in [0.2, 0.25) is 0 Å². The van der Waals surface area contributed by atoms with Crippen LogP contribution >= 0.6 is 0 Å². The Morgan fingerprint density at radius 1 is 1.12 bits per heavy atom. The van der Waals surface area contributed by atoms with Crippen LogP contribution in [-0.4, -0.2) is 20.7 Å². The minimum Gasteiger partial charge on any atom is -0.290 e. The molecule has 0 spiro atoms. The van der Waals surface area contributed by atoms with Crippen LogP contribution in [0.3, 0.4) is 0 Å². The zero-order valence-electron chi connectivity index (χ0n) is 8.92. The molecular weight excluding hydrogens is 202 g/mol. The summed E-state index contributed by atoms with van der Waals surface area (Å²) in [4.78, 5) is 23.8. The zero-order valence-corrected chi connectivity index (χ0v) is 8.92. The number of Topliss-reactive ketones (excluding diaryl/α,β-unsaturated/α-hetero) is 1. The predicted octanol–water partition coefficient (Wildman–Crippen LogP) is 1.61. The molecule has 0 bridgehead atoms. The van der Waals surface area contributed by atoms with Crippen LogP contribution < -0.4 is 0 Å². The Balaban J connectivity index is 2.18. The number of pyridine rings is 1. The highest BCUT2D eigenvalue weighted by Crippen LogP contribution is 2.06. The fraction of sp³-hybridized carbons (Fsp3) is 0.167. The van der Waals surface area contributed by atoms with Gasteiger partial charge in [0.05, 0.1) is 12.1 Å². The average molecular weight is 213 g/mol. The second-order valence-electron chi connectivity index (χ2n) is 3.44. The van der Waals surface area contributed by atoms with Crippen molar-refractivity contribution >= 4 is 5.78 Å². The van der Waals surface area contributed by atoms with E-state index in [1.54, 1.807) is 24.7 Å². The minimum atomic E-state index is -0.109. The topological polar surface area (TPSA) is 55.7 Å². The van der Waals surface area contributed by atoms with E-state index in [2.05, 4.69) is 15.0 Å². The first-order valence-electron chi connectivity index (χ1n) is 4.98. The minimum absolute atomic E-state index is 0.109. The smallest absolute Gasteiger partial charge is 0.205 e. The Kier molecular flexibility index (Phi) is 3.00. The largest absolute Gasteiger partial charge is 0.290 e. The van der Waals surface area contributed by atoms with Gasteiger partial charge in [-0.25, -0.2) is 9.97 Å². The SMILES string of the molecule is Cc1cccnc1CC(=O)c1ncccn1. The van der Waals surface area contributed by atoms with Gasteiger partial charge in [0.2, 0.25) is 5.78 Å². The number of aryl methyl sites for hydroxylation is 1. The Morgan fingerprint density at radius 3 is 2.50 bits per heavy atom. The van der Waals surface area contributed by atoms with Gasteiger partial charge < -0.3 is 0 Å². The van der Waals surface area contributed by atoms with Crippen LogP contribution in [0.25, 0.3) is 0 Å². The van der Waals surface area contributed by atoms with Crippen molar-refractivity contribution in [2.75, 3.05) is 0 Å². The first kappa shape index (κ1) is 10.4. The number of aromatic nitrogens is 3. The summed E-state index contributed by atoms with van der Waals surface area (Å²) in [5.41, 5.74) is 1.78. The van der Waals surface area contributed by atoms with Crippen LogP contribution in [0.1, 0.15) is 21.9 Å². The second-order valence-corrected chi connectivity index (χ2v) is 3.44. The monoisotopic (exact) mass is 213 g/mol. The molecule has 0 fully saturated rings. The molecule has 0 amide bonds. The van der Waals surface area contributed by atoms with Crippen LogP contribution in [0.15, 0.2) is 36.8 Å². The molecular formula is C12H11N3O. The third-order valence-corrected chi connectivity index (χ3v) is 2.26. The third kappa shape index (κ3) is 2.28. The lowest BCUT2D eigenvalue weighted by Crippen LogP contribution is -2.10. The summed E-state index contributed by atoms with van der Waals surface area (Å²) in [6.45, 7) is 1.93. The van der Waals surface area contributed by atoms with E-state index in [0.717, 1.165) is 11.3 Å². The van der Waals surface area contributed by atoms with Crippen LogP contribution in [-0.2, 0) is 6.42 Å². The number of hydrogen-bond acceptors (Lipinski definition) is 4. The Hall–Kier alpha value is -2.10. The van der Waals surface area contributed by atoms with Gasteiger partial charge in [0, 0.05) is 18.6 Å². The Morgan fingerprint density at radius 2 is 1.81 bits per heavy atom. The summed E-state index contributed by atoms with van der Waals surface area (Å²) in [7, 11) is 0. The maximum Gasteiger partial charge on any atom is 0.205 e. The normalized spacial score (nSPS) is 10.1. The highest BCUT2D eigenvalue weighted by molar-refractivity contribution is 5.93. The van der Waals surface area contributed by atoms with Crippen molar-refractivity contribution in [3.05, 3.63) is 53.9 Å². The molecule has 0 radical (unpaired) electrons. The highest BCUT2D eigenvalue weighted by atomic mass is 16.1. The molecule has 2 rings (SSSR count). The Bertz CT molecular complexity index is 497. The molecule has 2 aromatic heterocycles. The standard InChI is InChI=1S/C12H11N3O/c1-9-4-2-5-13-10(9)8-11(16)12-14-6-3-7-15-12/h2-7H,8H2,1H3. The van der Waals surface area contributed by atoms with Gasteiger partial charge >= 0.3 is 0 Å².